The monoisotopic (exact) mass is 384 g/mol. The van der Waals surface area contributed by atoms with E-state index in [2.05, 4.69) is 14.8 Å². The van der Waals surface area contributed by atoms with Gasteiger partial charge in [-0.2, -0.15) is 0 Å². The summed E-state index contributed by atoms with van der Waals surface area (Å²) in [5.74, 6) is 2.39. The van der Waals surface area contributed by atoms with Crippen molar-refractivity contribution in [1.82, 2.24) is 14.8 Å². The number of carbonyl (C=O) groups excluding carboxylic acids is 2. The fourth-order valence-electron chi connectivity index (χ4n) is 5.45. The lowest BCUT2D eigenvalue weighted by molar-refractivity contribution is -0.142. The number of hydrogen-bond donors (Lipinski definition) is 0. The SMILES string of the molecule is O=C(c1ccc(N2CC3CC(C2)[C@H]2CCCC(=O)N2C3)nc1)N1CCOCC1. The summed E-state index contributed by atoms with van der Waals surface area (Å²) in [7, 11) is 0. The number of anilines is 1. The van der Waals surface area contributed by atoms with Gasteiger partial charge in [0.2, 0.25) is 5.91 Å². The summed E-state index contributed by atoms with van der Waals surface area (Å²) in [6.45, 7) is 5.29. The summed E-state index contributed by atoms with van der Waals surface area (Å²) >= 11 is 0. The molecular formula is C21H28N4O3. The maximum Gasteiger partial charge on any atom is 0.255 e. The van der Waals surface area contributed by atoms with E-state index in [1.807, 2.05) is 17.0 Å². The van der Waals surface area contributed by atoms with Gasteiger partial charge in [0.1, 0.15) is 5.82 Å². The fraction of sp³-hybridized carbons (Fsp3) is 0.667. The molecule has 0 saturated carbocycles. The topological polar surface area (TPSA) is 66.0 Å². The Hall–Kier alpha value is -2.15. The number of carbonyl (C=O) groups is 2. The molecule has 28 heavy (non-hydrogen) atoms. The van der Waals surface area contributed by atoms with Crippen LogP contribution >= 0.6 is 0 Å². The molecule has 0 aliphatic carbocycles. The van der Waals surface area contributed by atoms with Crippen molar-refractivity contribution in [1.29, 1.82) is 0 Å². The largest absolute Gasteiger partial charge is 0.378 e. The van der Waals surface area contributed by atoms with E-state index in [1.54, 1.807) is 6.20 Å². The van der Waals surface area contributed by atoms with Crippen molar-refractivity contribution >= 4 is 17.6 Å². The Morgan fingerprint density at radius 3 is 2.79 bits per heavy atom. The van der Waals surface area contributed by atoms with E-state index in [1.165, 1.54) is 6.42 Å². The van der Waals surface area contributed by atoms with Gasteiger partial charge in [-0.05, 0) is 43.2 Å². The lowest BCUT2D eigenvalue weighted by atomic mass is 9.76. The maximum atomic E-state index is 12.6. The lowest BCUT2D eigenvalue weighted by Crippen LogP contribution is -2.60. The number of nitrogens with zero attached hydrogens (tertiary/aromatic N) is 4. The quantitative estimate of drug-likeness (QED) is 0.771. The van der Waals surface area contributed by atoms with E-state index in [0.717, 1.165) is 44.7 Å². The number of rotatable bonds is 2. The molecule has 2 amide bonds. The molecule has 0 N–H and O–H groups in total. The minimum absolute atomic E-state index is 0.0363. The molecule has 3 atom stereocenters. The van der Waals surface area contributed by atoms with E-state index in [9.17, 15) is 9.59 Å². The summed E-state index contributed by atoms with van der Waals surface area (Å²) in [5, 5.41) is 0. The molecule has 4 aliphatic heterocycles. The number of pyridine rings is 1. The third-order valence-corrected chi connectivity index (χ3v) is 6.80. The molecule has 0 aromatic carbocycles. The number of morpholine rings is 1. The van der Waals surface area contributed by atoms with Crippen molar-refractivity contribution in [3.8, 4) is 0 Å². The third kappa shape index (κ3) is 3.26. The van der Waals surface area contributed by atoms with Gasteiger partial charge in [-0.1, -0.05) is 0 Å². The zero-order chi connectivity index (χ0) is 19.1. The lowest BCUT2D eigenvalue weighted by Gasteiger charge is -2.52. The highest BCUT2D eigenvalue weighted by atomic mass is 16.5. The van der Waals surface area contributed by atoms with Crippen LogP contribution in [0.15, 0.2) is 18.3 Å². The average molecular weight is 384 g/mol. The maximum absolute atomic E-state index is 12.6. The Balaban J connectivity index is 1.28. The standard InChI is InChI=1S/C21H28N4O3/c26-20-3-1-2-18-17-10-15(13-25(18)20)12-24(14-17)19-5-4-16(11-22-19)21(27)23-6-8-28-9-7-23/h4-5,11,15,17-18H,1-3,6-10,12-14H2/t15?,17?,18-/m1/s1. The molecule has 2 unspecified atom stereocenters. The molecule has 7 heteroatoms. The van der Waals surface area contributed by atoms with Crippen molar-refractivity contribution in [2.24, 2.45) is 11.8 Å². The van der Waals surface area contributed by atoms with Gasteiger partial charge in [-0.3, -0.25) is 9.59 Å². The van der Waals surface area contributed by atoms with Gasteiger partial charge in [0, 0.05) is 51.4 Å². The van der Waals surface area contributed by atoms with Crippen molar-refractivity contribution in [2.45, 2.75) is 31.7 Å². The van der Waals surface area contributed by atoms with E-state index >= 15 is 0 Å². The van der Waals surface area contributed by atoms with Crippen molar-refractivity contribution < 1.29 is 14.3 Å². The van der Waals surface area contributed by atoms with Crippen LogP contribution in [0.2, 0.25) is 0 Å². The first-order valence-electron chi connectivity index (χ1n) is 10.6. The van der Waals surface area contributed by atoms with Gasteiger partial charge in [-0.25, -0.2) is 4.98 Å². The van der Waals surface area contributed by atoms with E-state index < -0.39 is 0 Å². The second kappa shape index (κ2) is 7.35. The Labute approximate surface area is 165 Å². The predicted molar refractivity (Wildman–Crippen MR) is 104 cm³/mol. The van der Waals surface area contributed by atoms with Crippen molar-refractivity contribution in [3.05, 3.63) is 23.9 Å². The second-order valence-electron chi connectivity index (χ2n) is 8.58. The molecule has 2 bridgehead atoms. The highest BCUT2D eigenvalue weighted by Crippen LogP contribution is 2.38. The van der Waals surface area contributed by atoms with Crippen LogP contribution in [0.4, 0.5) is 5.82 Å². The van der Waals surface area contributed by atoms with Crippen LogP contribution in [-0.4, -0.2) is 78.6 Å². The van der Waals surface area contributed by atoms with Gasteiger partial charge in [0.05, 0.1) is 18.8 Å². The summed E-state index contributed by atoms with van der Waals surface area (Å²) in [5.41, 5.74) is 0.645. The number of aromatic nitrogens is 1. The molecule has 0 spiro atoms. The molecule has 4 aliphatic rings. The Bertz CT molecular complexity index is 747. The molecule has 0 radical (unpaired) electrons. The van der Waals surface area contributed by atoms with Crippen molar-refractivity contribution in [3.63, 3.8) is 0 Å². The molecule has 150 valence electrons. The average Bonchev–Trinajstić information content (AvgIpc) is 2.75. The van der Waals surface area contributed by atoms with Gasteiger partial charge in [0.25, 0.3) is 5.91 Å². The van der Waals surface area contributed by atoms with E-state index in [0.29, 0.717) is 55.7 Å². The predicted octanol–water partition coefficient (Wildman–Crippen LogP) is 1.39. The van der Waals surface area contributed by atoms with Gasteiger partial charge >= 0.3 is 0 Å². The van der Waals surface area contributed by atoms with Crippen LogP contribution in [0.5, 0.6) is 0 Å². The Morgan fingerprint density at radius 1 is 1.14 bits per heavy atom. The minimum Gasteiger partial charge on any atom is -0.378 e. The number of hydrogen-bond acceptors (Lipinski definition) is 5. The molecule has 5 heterocycles. The summed E-state index contributed by atoms with van der Waals surface area (Å²) in [6, 6.07) is 4.29. The summed E-state index contributed by atoms with van der Waals surface area (Å²) in [4.78, 5) is 35.9. The highest BCUT2D eigenvalue weighted by Gasteiger charge is 2.44. The van der Waals surface area contributed by atoms with Gasteiger partial charge in [-0.15, -0.1) is 0 Å². The second-order valence-corrected chi connectivity index (χ2v) is 8.58. The molecular weight excluding hydrogens is 356 g/mol. The number of fused-ring (bicyclic) bond motifs is 4. The normalized spacial score (nSPS) is 30.2. The van der Waals surface area contributed by atoms with Crippen molar-refractivity contribution in [2.75, 3.05) is 50.8 Å². The van der Waals surface area contributed by atoms with E-state index in [4.69, 9.17) is 4.74 Å². The summed E-state index contributed by atoms with van der Waals surface area (Å²) in [6.07, 6.45) is 5.82. The van der Waals surface area contributed by atoms with Gasteiger partial charge < -0.3 is 19.4 Å². The first-order valence-corrected chi connectivity index (χ1v) is 10.6. The third-order valence-electron chi connectivity index (χ3n) is 6.80. The zero-order valence-corrected chi connectivity index (χ0v) is 16.3. The Morgan fingerprint density at radius 2 is 2.00 bits per heavy atom. The van der Waals surface area contributed by atoms with Crippen LogP contribution in [0.25, 0.3) is 0 Å². The van der Waals surface area contributed by atoms with Crippen LogP contribution in [0, 0.1) is 11.8 Å². The fourth-order valence-corrected chi connectivity index (χ4v) is 5.45. The molecule has 4 saturated heterocycles. The molecule has 1 aromatic rings. The highest BCUT2D eigenvalue weighted by molar-refractivity contribution is 5.94. The van der Waals surface area contributed by atoms with E-state index in [-0.39, 0.29) is 5.91 Å². The minimum atomic E-state index is 0.0363. The molecule has 4 fully saturated rings. The molecule has 5 rings (SSSR count). The number of ether oxygens (including phenoxy) is 1. The van der Waals surface area contributed by atoms with Crippen LogP contribution < -0.4 is 4.90 Å². The van der Waals surface area contributed by atoms with Crippen LogP contribution in [-0.2, 0) is 9.53 Å². The van der Waals surface area contributed by atoms with Gasteiger partial charge in [0.15, 0.2) is 0 Å². The van der Waals surface area contributed by atoms with Crippen LogP contribution in [0.1, 0.15) is 36.0 Å². The van der Waals surface area contributed by atoms with Crippen LogP contribution in [0.3, 0.4) is 0 Å². The summed E-state index contributed by atoms with van der Waals surface area (Å²) < 4.78 is 5.32. The zero-order valence-electron chi connectivity index (χ0n) is 16.3. The molecule has 7 nitrogen and oxygen atoms in total. The molecule has 1 aromatic heterocycles. The smallest absolute Gasteiger partial charge is 0.255 e. The Kier molecular flexibility index (Phi) is 4.70. The number of amides is 2. The first kappa shape index (κ1) is 17.9. The number of piperidine rings is 3. The first-order chi connectivity index (χ1) is 13.7.